The summed E-state index contributed by atoms with van der Waals surface area (Å²) >= 11 is 0. The summed E-state index contributed by atoms with van der Waals surface area (Å²) in [5.74, 6) is 0.000143. The first-order chi connectivity index (χ1) is 5.77. The molecule has 0 bridgehead atoms. The number of primary sulfonamides is 1. The standard InChI is InChI=1S/C8H20N2O2S/c1-4-5-8(2,3)10-6-7-13(9,11)12/h10H,4-7H2,1-3H3,(H2,9,11,12). The van der Waals surface area contributed by atoms with E-state index < -0.39 is 10.0 Å². The molecule has 0 saturated heterocycles. The van der Waals surface area contributed by atoms with Gasteiger partial charge in [-0.3, -0.25) is 0 Å². The Labute approximate surface area is 80.9 Å². The summed E-state index contributed by atoms with van der Waals surface area (Å²) in [6.45, 7) is 6.63. The minimum atomic E-state index is -3.32. The second kappa shape index (κ2) is 4.93. The van der Waals surface area contributed by atoms with Crippen LogP contribution in [0.2, 0.25) is 0 Å². The molecule has 4 nitrogen and oxygen atoms in total. The van der Waals surface area contributed by atoms with Crippen molar-refractivity contribution >= 4 is 10.0 Å². The second-order valence-corrected chi connectivity index (χ2v) is 5.66. The van der Waals surface area contributed by atoms with Crippen LogP contribution in [-0.4, -0.2) is 26.3 Å². The summed E-state index contributed by atoms with van der Waals surface area (Å²) < 4.78 is 21.2. The second-order valence-electron chi connectivity index (χ2n) is 3.93. The van der Waals surface area contributed by atoms with E-state index >= 15 is 0 Å². The van der Waals surface area contributed by atoms with Crippen molar-refractivity contribution in [1.82, 2.24) is 5.32 Å². The molecule has 0 aliphatic rings. The van der Waals surface area contributed by atoms with Gasteiger partial charge in [0.2, 0.25) is 10.0 Å². The number of nitrogens with one attached hydrogen (secondary N) is 1. The molecule has 3 N–H and O–H groups in total. The van der Waals surface area contributed by atoms with Crippen LogP contribution in [0.4, 0.5) is 0 Å². The third kappa shape index (κ3) is 8.21. The zero-order valence-corrected chi connectivity index (χ0v) is 9.45. The predicted molar refractivity (Wildman–Crippen MR) is 55.0 cm³/mol. The Balaban J connectivity index is 3.76. The molecule has 0 aliphatic carbocycles. The maximum atomic E-state index is 10.6. The Morgan fingerprint density at radius 1 is 1.38 bits per heavy atom. The van der Waals surface area contributed by atoms with Gasteiger partial charge in [0.25, 0.3) is 0 Å². The van der Waals surface area contributed by atoms with Gasteiger partial charge in [-0.15, -0.1) is 0 Å². The number of nitrogens with two attached hydrogens (primary N) is 1. The molecule has 0 aromatic heterocycles. The van der Waals surface area contributed by atoms with Crippen molar-refractivity contribution < 1.29 is 8.42 Å². The largest absolute Gasteiger partial charge is 0.311 e. The van der Waals surface area contributed by atoms with E-state index in [0.29, 0.717) is 6.54 Å². The Hall–Kier alpha value is -0.130. The summed E-state index contributed by atoms with van der Waals surface area (Å²) in [7, 11) is -3.32. The van der Waals surface area contributed by atoms with Crippen molar-refractivity contribution in [2.75, 3.05) is 12.3 Å². The first-order valence-corrected chi connectivity index (χ1v) is 6.24. The average molecular weight is 208 g/mol. The summed E-state index contributed by atoms with van der Waals surface area (Å²) in [5, 5.41) is 8.03. The molecule has 0 aliphatic heterocycles. The van der Waals surface area contributed by atoms with E-state index in [-0.39, 0.29) is 11.3 Å². The molecule has 0 heterocycles. The highest BCUT2D eigenvalue weighted by Gasteiger charge is 2.15. The summed E-state index contributed by atoms with van der Waals surface area (Å²) in [4.78, 5) is 0. The fraction of sp³-hybridized carbons (Fsp3) is 1.00. The monoisotopic (exact) mass is 208 g/mol. The molecule has 80 valence electrons. The van der Waals surface area contributed by atoms with Crippen LogP contribution in [0.3, 0.4) is 0 Å². The SMILES string of the molecule is CCCC(C)(C)NCCS(N)(=O)=O. The van der Waals surface area contributed by atoms with Crippen LogP contribution in [0.5, 0.6) is 0 Å². The number of hydrogen-bond donors (Lipinski definition) is 2. The van der Waals surface area contributed by atoms with Crippen molar-refractivity contribution in [3.63, 3.8) is 0 Å². The van der Waals surface area contributed by atoms with E-state index in [1.807, 2.05) is 0 Å². The van der Waals surface area contributed by atoms with Gasteiger partial charge in [0.05, 0.1) is 5.75 Å². The molecule has 13 heavy (non-hydrogen) atoms. The lowest BCUT2D eigenvalue weighted by atomic mass is 9.99. The topological polar surface area (TPSA) is 72.2 Å². The highest BCUT2D eigenvalue weighted by atomic mass is 32.2. The zero-order chi connectivity index (χ0) is 10.5. The molecule has 0 amide bonds. The smallest absolute Gasteiger partial charge is 0.210 e. The highest BCUT2D eigenvalue weighted by Crippen LogP contribution is 2.09. The third-order valence-corrected chi connectivity index (χ3v) is 2.64. The minimum Gasteiger partial charge on any atom is -0.311 e. The van der Waals surface area contributed by atoms with E-state index in [2.05, 4.69) is 26.1 Å². The fourth-order valence-electron chi connectivity index (χ4n) is 1.25. The molecule has 0 spiro atoms. The molecule has 0 aromatic carbocycles. The molecular weight excluding hydrogens is 188 g/mol. The van der Waals surface area contributed by atoms with Crippen molar-refractivity contribution in [3.8, 4) is 0 Å². The molecule has 0 radical (unpaired) electrons. The van der Waals surface area contributed by atoms with Gasteiger partial charge < -0.3 is 5.32 Å². The minimum absolute atomic E-state index is 0.000143. The zero-order valence-electron chi connectivity index (χ0n) is 8.63. The van der Waals surface area contributed by atoms with Crippen LogP contribution in [-0.2, 0) is 10.0 Å². The molecule has 5 heteroatoms. The lowest BCUT2D eigenvalue weighted by Gasteiger charge is -2.25. The first kappa shape index (κ1) is 12.9. The lowest BCUT2D eigenvalue weighted by Crippen LogP contribution is -2.42. The van der Waals surface area contributed by atoms with Gasteiger partial charge >= 0.3 is 0 Å². The van der Waals surface area contributed by atoms with Crippen molar-refractivity contribution in [1.29, 1.82) is 0 Å². The number of sulfonamides is 1. The van der Waals surface area contributed by atoms with E-state index in [0.717, 1.165) is 12.8 Å². The summed E-state index contributed by atoms with van der Waals surface area (Å²) in [6, 6.07) is 0. The highest BCUT2D eigenvalue weighted by molar-refractivity contribution is 7.89. The van der Waals surface area contributed by atoms with Crippen LogP contribution in [0.15, 0.2) is 0 Å². The summed E-state index contributed by atoms with van der Waals surface area (Å²) in [5.41, 5.74) is -0.000556. The molecule has 0 rings (SSSR count). The van der Waals surface area contributed by atoms with E-state index in [1.165, 1.54) is 0 Å². The van der Waals surface area contributed by atoms with Crippen molar-refractivity contribution in [2.24, 2.45) is 5.14 Å². The molecule has 0 atom stereocenters. The van der Waals surface area contributed by atoms with E-state index in [1.54, 1.807) is 0 Å². The maximum Gasteiger partial charge on any atom is 0.210 e. The molecule has 0 unspecified atom stereocenters. The number of hydrogen-bond acceptors (Lipinski definition) is 3. The van der Waals surface area contributed by atoms with Gasteiger partial charge in [0.15, 0.2) is 0 Å². The Kier molecular flexibility index (Phi) is 4.88. The fourth-order valence-corrected chi connectivity index (χ4v) is 1.63. The van der Waals surface area contributed by atoms with Crippen molar-refractivity contribution in [3.05, 3.63) is 0 Å². The van der Waals surface area contributed by atoms with Gasteiger partial charge in [-0.05, 0) is 20.3 Å². The van der Waals surface area contributed by atoms with Gasteiger partial charge in [0, 0.05) is 12.1 Å². The van der Waals surface area contributed by atoms with Crippen LogP contribution in [0.1, 0.15) is 33.6 Å². The average Bonchev–Trinajstić information content (AvgIpc) is 1.82. The van der Waals surface area contributed by atoms with E-state index in [4.69, 9.17) is 5.14 Å². The Morgan fingerprint density at radius 2 is 1.92 bits per heavy atom. The van der Waals surface area contributed by atoms with Crippen molar-refractivity contribution in [2.45, 2.75) is 39.2 Å². The summed E-state index contributed by atoms with van der Waals surface area (Å²) in [6.07, 6.45) is 2.10. The first-order valence-electron chi connectivity index (χ1n) is 4.52. The lowest BCUT2D eigenvalue weighted by molar-refractivity contribution is 0.368. The molecule has 0 aromatic rings. The normalized spacial score (nSPS) is 13.2. The molecular formula is C8H20N2O2S. The van der Waals surface area contributed by atoms with Gasteiger partial charge in [-0.1, -0.05) is 13.3 Å². The van der Waals surface area contributed by atoms with Gasteiger partial charge in [-0.25, -0.2) is 13.6 Å². The van der Waals surface area contributed by atoms with Gasteiger partial charge in [0.1, 0.15) is 0 Å². The van der Waals surface area contributed by atoms with Crippen LogP contribution in [0.25, 0.3) is 0 Å². The third-order valence-electron chi connectivity index (χ3n) is 1.87. The number of rotatable bonds is 6. The Bertz CT molecular complexity index is 235. The van der Waals surface area contributed by atoms with E-state index in [9.17, 15) is 8.42 Å². The molecule has 0 fully saturated rings. The quantitative estimate of drug-likeness (QED) is 0.665. The molecule has 0 saturated carbocycles. The maximum absolute atomic E-state index is 10.6. The van der Waals surface area contributed by atoms with Crippen LogP contribution >= 0.6 is 0 Å². The van der Waals surface area contributed by atoms with Crippen LogP contribution in [0, 0.1) is 0 Å². The van der Waals surface area contributed by atoms with Gasteiger partial charge in [-0.2, -0.15) is 0 Å². The van der Waals surface area contributed by atoms with Crippen LogP contribution < -0.4 is 10.5 Å². The predicted octanol–water partition coefficient (Wildman–Crippen LogP) is 0.443. The Morgan fingerprint density at radius 3 is 2.31 bits per heavy atom.